The van der Waals surface area contributed by atoms with E-state index in [4.69, 9.17) is 21.1 Å². The summed E-state index contributed by atoms with van der Waals surface area (Å²) >= 11 is 9.52. The second-order valence-electron chi connectivity index (χ2n) is 4.13. The smallest absolute Gasteiger partial charge is 0.149 e. The van der Waals surface area contributed by atoms with Crippen LogP contribution in [-0.2, 0) is 0 Å². The maximum absolute atomic E-state index is 6.18. The molecule has 0 bridgehead atoms. The van der Waals surface area contributed by atoms with Gasteiger partial charge in [-0.2, -0.15) is 0 Å². The molecule has 0 amide bonds. The van der Waals surface area contributed by atoms with E-state index >= 15 is 0 Å². The highest BCUT2D eigenvalue weighted by Crippen LogP contribution is 2.34. The number of rotatable bonds is 6. The lowest BCUT2D eigenvalue weighted by atomic mass is 10.2. The molecule has 1 heterocycles. The summed E-state index contributed by atoms with van der Waals surface area (Å²) in [6.45, 7) is 5.05. The van der Waals surface area contributed by atoms with Gasteiger partial charge in [-0.25, -0.2) is 4.98 Å². The molecule has 0 spiro atoms. The Labute approximate surface area is 137 Å². The third-order valence-corrected chi connectivity index (χ3v) is 3.34. The number of benzene rings is 1. The van der Waals surface area contributed by atoms with E-state index in [1.807, 2.05) is 32.0 Å². The molecule has 1 aromatic heterocycles. The molecule has 0 aliphatic rings. The van der Waals surface area contributed by atoms with Gasteiger partial charge in [-0.1, -0.05) is 11.6 Å². The predicted octanol–water partition coefficient (Wildman–Crippen LogP) is 5.04. The number of halogens is 2. The van der Waals surface area contributed by atoms with Gasteiger partial charge >= 0.3 is 0 Å². The molecule has 1 N–H and O–H groups in total. The van der Waals surface area contributed by atoms with Crippen LogP contribution in [0.4, 0.5) is 11.5 Å². The summed E-state index contributed by atoms with van der Waals surface area (Å²) in [4.78, 5) is 4.26. The van der Waals surface area contributed by atoms with E-state index in [1.54, 1.807) is 12.3 Å². The Morgan fingerprint density at radius 1 is 1.19 bits per heavy atom. The average Bonchev–Trinajstić information content (AvgIpc) is 2.45. The number of nitrogens with one attached hydrogen (secondary N) is 1. The number of hydrogen-bond donors (Lipinski definition) is 1. The van der Waals surface area contributed by atoms with Crippen molar-refractivity contribution in [3.63, 3.8) is 0 Å². The standard InChI is InChI=1S/C15H16BrClN2O2/c1-3-20-11-5-6-14(21-4-2)13(8-11)19-15-12(17)7-10(16)9-18-15/h5-9H,3-4H2,1-2H3,(H,18,19). The fourth-order valence-electron chi connectivity index (χ4n) is 1.78. The van der Waals surface area contributed by atoms with Crippen LogP contribution in [0.25, 0.3) is 0 Å². The van der Waals surface area contributed by atoms with Gasteiger partial charge in [0.15, 0.2) is 0 Å². The van der Waals surface area contributed by atoms with Crippen molar-refractivity contribution in [2.45, 2.75) is 13.8 Å². The summed E-state index contributed by atoms with van der Waals surface area (Å²) < 4.78 is 11.9. The van der Waals surface area contributed by atoms with Crippen molar-refractivity contribution >= 4 is 39.0 Å². The molecular weight excluding hydrogens is 356 g/mol. The van der Waals surface area contributed by atoms with E-state index in [2.05, 4.69) is 26.2 Å². The van der Waals surface area contributed by atoms with Gasteiger partial charge in [0, 0.05) is 16.7 Å². The molecule has 0 saturated heterocycles. The topological polar surface area (TPSA) is 43.4 Å². The van der Waals surface area contributed by atoms with Gasteiger partial charge in [-0.05, 0) is 48.0 Å². The third kappa shape index (κ3) is 4.25. The number of anilines is 2. The second-order valence-corrected chi connectivity index (χ2v) is 5.46. The van der Waals surface area contributed by atoms with Gasteiger partial charge in [-0.15, -0.1) is 0 Å². The molecule has 0 unspecified atom stereocenters. The van der Waals surface area contributed by atoms with Gasteiger partial charge in [0.2, 0.25) is 0 Å². The minimum absolute atomic E-state index is 0.522. The Kier molecular flexibility index (Phi) is 5.70. The molecule has 0 saturated carbocycles. The molecule has 0 fully saturated rings. The molecule has 0 radical (unpaired) electrons. The van der Waals surface area contributed by atoms with Gasteiger partial charge in [0.05, 0.1) is 23.9 Å². The molecule has 2 aromatic rings. The Hall–Kier alpha value is -1.46. The Balaban J connectivity index is 2.33. The average molecular weight is 372 g/mol. The van der Waals surface area contributed by atoms with Crippen LogP contribution in [0.3, 0.4) is 0 Å². The monoisotopic (exact) mass is 370 g/mol. The second kappa shape index (κ2) is 7.52. The highest BCUT2D eigenvalue weighted by atomic mass is 79.9. The summed E-state index contributed by atoms with van der Waals surface area (Å²) in [5.41, 5.74) is 0.763. The van der Waals surface area contributed by atoms with Crippen LogP contribution >= 0.6 is 27.5 Å². The molecule has 2 rings (SSSR count). The lowest BCUT2D eigenvalue weighted by Crippen LogP contribution is -2.01. The Bertz CT molecular complexity index is 623. The summed E-state index contributed by atoms with van der Waals surface area (Å²) in [5, 5.41) is 3.70. The van der Waals surface area contributed by atoms with E-state index in [1.165, 1.54) is 0 Å². The Morgan fingerprint density at radius 2 is 1.95 bits per heavy atom. The van der Waals surface area contributed by atoms with Crippen molar-refractivity contribution in [2.75, 3.05) is 18.5 Å². The third-order valence-electron chi connectivity index (χ3n) is 2.62. The predicted molar refractivity (Wildman–Crippen MR) is 89.0 cm³/mol. The van der Waals surface area contributed by atoms with Crippen molar-refractivity contribution in [1.29, 1.82) is 0 Å². The summed E-state index contributed by atoms with van der Waals surface area (Å²) in [7, 11) is 0. The molecule has 112 valence electrons. The van der Waals surface area contributed by atoms with Crippen molar-refractivity contribution in [3.05, 3.63) is 40.0 Å². The lowest BCUT2D eigenvalue weighted by molar-refractivity contribution is 0.332. The minimum atomic E-state index is 0.522. The number of hydrogen-bond acceptors (Lipinski definition) is 4. The fourth-order valence-corrected chi connectivity index (χ4v) is 2.46. The molecule has 6 heteroatoms. The molecule has 21 heavy (non-hydrogen) atoms. The van der Waals surface area contributed by atoms with Crippen molar-refractivity contribution < 1.29 is 9.47 Å². The first-order valence-corrected chi connectivity index (χ1v) is 7.78. The summed E-state index contributed by atoms with van der Waals surface area (Å²) in [5.74, 6) is 2.05. The van der Waals surface area contributed by atoms with Crippen LogP contribution in [0.5, 0.6) is 11.5 Å². The molecule has 0 aliphatic heterocycles. The van der Waals surface area contributed by atoms with Crippen molar-refractivity contribution in [3.8, 4) is 11.5 Å². The molecular formula is C15H16BrClN2O2. The maximum atomic E-state index is 6.18. The molecule has 1 aromatic carbocycles. The number of pyridine rings is 1. The van der Waals surface area contributed by atoms with Crippen molar-refractivity contribution in [2.24, 2.45) is 0 Å². The minimum Gasteiger partial charge on any atom is -0.494 e. The van der Waals surface area contributed by atoms with Crippen LogP contribution in [0.1, 0.15) is 13.8 Å². The zero-order chi connectivity index (χ0) is 15.2. The SMILES string of the molecule is CCOc1ccc(OCC)c(Nc2ncc(Br)cc2Cl)c1. The highest BCUT2D eigenvalue weighted by Gasteiger charge is 2.09. The van der Waals surface area contributed by atoms with E-state index in [9.17, 15) is 0 Å². The quantitative estimate of drug-likeness (QED) is 0.772. The lowest BCUT2D eigenvalue weighted by Gasteiger charge is -2.14. The maximum Gasteiger partial charge on any atom is 0.149 e. The van der Waals surface area contributed by atoms with Crippen LogP contribution < -0.4 is 14.8 Å². The Morgan fingerprint density at radius 3 is 2.62 bits per heavy atom. The number of nitrogens with zero attached hydrogens (tertiary/aromatic N) is 1. The highest BCUT2D eigenvalue weighted by molar-refractivity contribution is 9.10. The zero-order valence-electron chi connectivity index (χ0n) is 11.8. The van der Waals surface area contributed by atoms with E-state index in [-0.39, 0.29) is 0 Å². The summed E-state index contributed by atoms with van der Waals surface area (Å²) in [6.07, 6.45) is 1.68. The van der Waals surface area contributed by atoms with E-state index in [0.29, 0.717) is 24.1 Å². The first kappa shape index (κ1) is 15.9. The van der Waals surface area contributed by atoms with Gasteiger partial charge in [0.1, 0.15) is 17.3 Å². The first-order chi connectivity index (χ1) is 10.1. The van der Waals surface area contributed by atoms with Gasteiger partial charge in [-0.3, -0.25) is 0 Å². The number of ether oxygens (including phenoxy) is 2. The largest absolute Gasteiger partial charge is 0.494 e. The number of aromatic nitrogens is 1. The van der Waals surface area contributed by atoms with Gasteiger partial charge in [0.25, 0.3) is 0 Å². The molecule has 0 aliphatic carbocycles. The first-order valence-electron chi connectivity index (χ1n) is 6.61. The summed E-state index contributed by atoms with van der Waals surface area (Å²) in [6, 6.07) is 7.39. The van der Waals surface area contributed by atoms with Crippen LogP contribution in [0, 0.1) is 0 Å². The zero-order valence-corrected chi connectivity index (χ0v) is 14.2. The van der Waals surface area contributed by atoms with Crippen LogP contribution in [0.15, 0.2) is 34.9 Å². The fraction of sp³-hybridized carbons (Fsp3) is 0.267. The van der Waals surface area contributed by atoms with Crippen molar-refractivity contribution in [1.82, 2.24) is 4.98 Å². The van der Waals surface area contributed by atoms with E-state index < -0.39 is 0 Å². The van der Waals surface area contributed by atoms with Crippen LogP contribution in [-0.4, -0.2) is 18.2 Å². The van der Waals surface area contributed by atoms with E-state index in [0.717, 1.165) is 21.7 Å². The molecule has 0 atom stereocenters. The molecule has 4 nitrogen and oxygen atoms in total. The van der Waals surface area contributed by atoms with Crippen LogP contribution in [0.2, 0.25) is 5.02 Å². The normalized spacial score (nSPS) is 10.3. The van der Waals surface area contributed by atoms with Gasteiger partial charge < -0.3 is 14.8 Å².